The molecule has 0 saturated carbocycles. The molecule has 0 spiro atoms. The molecule has 0 bridgehead atoms. The summed E-state index contributed by atoms with van der Waals surface area (Å²) in [6.45, 7) is 19.3. The maximum Gasteiger partial charge on any atom is 0.416 e. The Labute approximate surface area is 207 Å². The highest BCUT2D eigenvalue weighted by molar-refractivity contribution is 5.58. The third kappa shape index (κ3) is 8.59. The molecule has 0 atom stereocenters. The molecule has 1 rings (SSSR count). The van der Waals surface area contributed by atoms with Crippen LogP contribution < -0.4 is 16.4 Å². The van der Waals surface area contributed by atoms with Gasteiger partial charge < -0.3 is 21.3 Å². The molecule has 4 nitrogen and oxygen atoms in total. The molecular formula is C28H37F3N4. The number of halogens is 3. The van der Waals surface area contributed by atoms with Gasteiger partial charge in [-0.1, -0.05) is 38.8 Å². The van der Waals surface area contributed by atoms with Gasteiger partial charge in [-0.2, -0.15) is 13.2 Å². The Hall–Kier alpha value is -3.61. The Morgan fingerprint density at radius 1 is 1.14 bits per heavy atom. The molecular weight excluding hydrogens is 449 g/mol. The van der Waals surface area contributed by atoms with Gasteiger partial charge in [0.15, 0.2) is 0 Å². The van der Waals surface area contributed by atoms with Crippen molar-refractivity contribution in [2.24, 2.45) is 5.73 Å². The van der Waals surface area contributed by atoms with Crippen molar-refractivity contribution in [3.63, 3.8) is 0 Å². The van der Waals surface area contributed by atoms with Crippen LogP contribution in [0.3, 0.4) is 0 Å². The number of aryl methyl sites for hydroxylation is 1. The number of nitrogens with zero attached hydrogens (tertiary/aromatic N) is 1. The monoisotopic (exact) mass is 486 g/mol. The summed E-state index contributed by atoms with van der Waals surface area (Å²) in [6, 6.07) is 3.93. The highest BCUT2D eigenvalue weighted by Gasteiger charge is 2.31. The van der Waals surface area contributed by atoms with Gasteiger partial charge in [0.25, 0.3) is 0 Å². The molecule has 0 aromatic heterocycles. The smallest absolute Gasteiger partial charge is 0.397 e. The maximum atomic E-state index is 13.3. The van der Waals surface area contributed by atoms with E-state index in [0.29, 0.717) is 40.3 Å². The molecule has 1 aromatic carbocycles. The summed E-state index contributed by atoms with van der Waals surface area (Å²) < 4.78 is 40.0. The average Bonchev–Trinajstić information content (AvgIpc) is 2.78. The van der Waals surface area contributed by atoms with E-state index >= 15 is 0 Å². The molecule has 0 radical (unpaired) electrons. The van der Waals surface area contributed by atoms with Gasteiger partial charge in [0, 0.05) is 48.6 Å². The van der Waals surface area contributed by atoms with E-state index in [2.05, 4.69) is 30.4 Å². The van der Waals surface area contributed by atoms with Crippen LogP contribution in [0.1, 0.15) is 38.8 Å². The van der Waals surface area contributed by atoms with Crippen molar-refractivity contribution < 1.29 is 13.2 Å². The minimum Gasteiger partial charge on any atom is -0.397 e. The van der Waals surface area contributed by atoms with Crippen molar-refractivity contribution in [2.75, 3.05) is 19.4 Å². The number of rotatable bonds is 11. The zero-order valence-electron chi connectivity index (χ0n) is 21.5. The highest BCUT2D eigenvalue weighted by atomic mass is 19.4. The van der Waals surface area contributed by atoms with Gasteiger partial charge >= 0.3 is 6.18 Å². The van der Waals surface area contributed by atoms with Gasteiger partial charge in [-0.25, -0.2) is 0 Å². The van der Waals surface area contributed by atoms with E-state index in [4.69, 9.17) is 5.73 Å². The van der Waals surface area contributed by atoms with E-state index < -0.39 is 11.7 Å². The van der Waals surface area contributed by atoms with Gasteiger partial charge in [0.05, 0.1) is 11.3 Å². The van der Waals surface area contributed by atoms with Crippen LogP contribution in [0.15, 0.2) is 102 Å². The first-order valence-corrected chi connectivity index (χ1v) is 11.2. The van der Waals surface area contributed by atoms with Crippen molar-refractivity contribution in [3.05, 3.63) is 113 Å². The van der Waals surface area contributed by atoms with Gasteiger partial charge in [0.2, 0.25) is 0 Å². The van der Waals surface area contributed by atoms with Crippen LogP contribution in [0.2, 0.25) is 0 Å². The number of alkyl halides is 3. The molecule has 1 aromatic rings. The van der Waals surface area contributed by atoms with E-state index in [1.807, 2.05) is 58.8 Å². The van der Waals surface area contributed by atoms with Crippen molar-refractivity contribution in [3.8, 4) is 0 Å². The van der Waals surface area contributed by atoms with Crippen molar-refractivity contribution in [2.45, 2.75) is 40.3 Å². The Morgan fingerprint density at radius 3 is 2.23 bits per heavy atom. The lowest BCUT2D eigenvalue weighted by molar-refractivity contribution is -0.137. The SMILES string of the molecule is C=CC(/C(N)=C/N/C(=C/C(=CC)C(=C)Nc1cc(CC)cc(C(F)(F)F)c1)C(=C)C)=C(/C)N(C)C. The first-order chi connectivity index (χ1) is 16.2. The number of allylic oxidation sites excluding steroid dienone is 5. The fraction of sp³-hybridized carbons (Fsp3) is 0.286. The summed E-state index contributed by atoms with van der Waals surface area (Å²) in [5, 5.41) is 6.19. The van der Waals surface area contributed by atoms with Crippen LogP contribution in [0, 0.1) is 0 Å². The molecule has 0 heterocycles. The maximum absolute atomic E-state index is 13.3. The van der Waals surface area contributed by atoms with Crippen LogP contribution >= 0.6 is 0 Å². The van der Waals surface area contributed by atoms with Crippen molar-refractivity contribution >= 4 is 5.69 Å². The lowest BCUT2D eigenvalue weighted by atomic mass is 10.1. The second kappa shape index (κ2) is 12.7. The molecule has 0 aliphatic carbocycles. The third-order valence-corrected chi connectivity index (χ3v) is 5.40. The molecule has 35 heavy (non-hydrogen) atoms. The number of nitrogens with two attached hydrogens (primary N) is 1. The summed E-state index contributed by atoms with van der Waals surface area (Å²) in [7, 11) is 3.84. The van der Waals surface area contributed by atoms with E-state index in [0.717, 1.165) is 29.0 Å². The molecule has 4 N–H and O–H groups in total. The third-order valence-electron chi connectivity index (χ3n) is 5.40. The number of hydrogen-bond acceptors (Lipinski definition) is 4. The minimum atomic E-state index is -4.43. The minimum absolute atomic E-state index is 0.323. The Morgan fingerprint density at radius 2 is 1.77 bits per heavy atom. The first kappa shape index (κ1) is 29.4. The van der Waals surface area contributed by atoms with Crippen LogP contribution in [0.25, 0.3) is 0 Å². The summed E-state index contributed by atoms with van der Waals surface area (Å²) in [4.78, 5) is 1.94. The van der Waals surface area contributed by atoms with Crippen LogP contribution in [-0.2, 0) is 12.6 Å². The van der Waals surface area contributed by atoms with Crippen LogP contribution in [0.4, 0.5) is 18.9 Å². The van der Waals surface area contributed by atoms with Gasteiger partial charge in [0.1, 0.15) is 0 Å². The molecule has 0 aliphatic rings. The molecule has 0 unspecified atom stereocenters. The second-order valence-electron chi connectivity index (χ2n) is 8.30. The average molecular weight is 487 g/mol. The molecule has 190 valence electrons. The Bertz CT molecular complexity index is 1080. The normalized spacial score (nSPS) is 13.7. The van der Waals surface area contributed by atoms with E-state index in [-0.39, 0.29) is 0 Å². The highest BCUT2D eigenvalue weighted by Crippen LogP contribution is 2.33. The predicted molar refractivity (Wildman–Crippen MR) is 142 cm³/mol. The number of anilines is 1. The lowest BCUT2D eigenvalue weighted by Crippen LogP contribution is -2.16. The predicted octanol–water partition coefficient (Wildman–Crippen LogP) is 7.01. The lowest BCUT2D eigenvalue weighted by Gasteiger charge is -2.18. The van der Waals surface area contributed by atoms with Crippen molar-refractivity contribution in [1.29, 1.82) is 0 Å². The zero-order valence-corrected chi connectivity index (χ0v) is 21.5. The van der Waals surface area contributed by atoms with Crippen molar-refractivity contribution in [1.82, 2.24) is 10.2 Å². The largest absolute Gasteiger partial charge is 0.416 e. The van der Waals surface area contributed by atoms with Crippen LogP contribution in [0.5, 0.6) is 0 Å². The summed E-state index contributed by atoms with van der Waals surface area (Å²) in [5.41, 5.74) is 11.2. The Kier molecular flexibility index (Phi) is 10.7. The van der Waals surface area contributed by atoms with Gasteiger partial charge in [-0.15, -0.1) is 0 Å². The number of hydrogen-bond donors (Lipinski definition) is 3. The summed E-state index contributed by atoms with van der Waals surface area (Å²) in [5.74, 6) is 0. The summed E-state index contributed by atoms with van der Waals surface area (Å²) in [6.07, 6.45) is 3.02. The molecule has 0 amide bonds. The fourth-order valence-electron chi connectivity index (χ4n) is 3.12. The van der Waals surface area contributed by atoms with Crippen LogP contribution in [-0.4, -0.2) is 19.0 Å². The number of nitrogens with one attached hydrogen (secondary N) is 2. The van der Waals surface area contributed by atoms with E-state index in [1.54, 1.807) is 18.3 Å². The molecule has 0 aliphatic heterocycles. The fourth-order valence-corrected chi connectivity index (χ4v) is 3.12. The Balaban J connectivity index is 3.26. The molecule has 0 fully saturated rings. The molecule has 7 heteroatoms. The summed E-state index contributed by atoms with van der Waals surface area (Å²) >= 11 is 0. The van der Waals surface area contributed by atoms with E-state index in [9.17, 15) is 13.2 Å². The zero-order chi connectivity index (χ0) is 26.9. The van der Waals surface area contributed by atoms with E-state index in [1.165, 1.54) is 0 Å². The second-order valence-corrected chi connectivity index (χ2v) is 8.30. The van der Waals surface area contributed by atoms with Gasteiger partial charge in [-0.3, -0.25) is 0 Å². The van der Waals surface area contributed by atoms with Gasteiger partial charge in [-0.05, 0) is 68.2 Å². The first-order valence-electron chi connectivity index (χ1n) is 11.2. The quantitative estimate of drug-likeness (QED) is 0.295. The standard InChI is InChI=1S/C28H37F3N4/c1-10-21-13-23(28(29,30)31)16-24(14-21)34-19(6)22(11-2)15-27(18(4)5)33-17-26(32)25(12-3)20(7)35(8)9/h11-17,33-34H,3-4,6,10,32H2,1-2,5,7-9H3/b22-11?,25-20+,26-17-,27-15+. The number of benzene rings is 1. The topological polar surface area (TPSA) is 53.3 Å². The molecule has 0 saturated heterocycles.